The van der Waals surface area contributed by atoms with Gasteiger partial charge in [-0.25, -0.2) is 5.43 Å². The van der Waals surface area contributed by atoms with Crippen LogP contribution in [0.5, 0.6) is 23.0 Å². The number of nitrogens with one attached hydrogen (secondary N) is 1. The van der Waals surface area contributed by atoms with Crippen LogP contribution < -0.4 is 24.4 Å². The molecule has 26 heavy (non-hydrogen) atoms. The van der Waals surface area contributed by atoms with E-state index in [0.717, 1.165) is 5.56 Å². The summed E-state index contributed by atoms with van der Waals surface area (Å²) in [5.74, 6) is 1.77. The predicted octanol–water partition coefficient (Wildman–Crippen LogP) is 3.25. The van der Waals surface area contributed by atoms with E-state index in [1.807, 2.05) is 0 Å². The number of nitrogens with zero attached hydrogens (tertiary/aromatic N) is 1. The van der Waals surface area contributed by atoms with E-state index in [1.165, 1.54) is 20.4 Å². The highest BCUT2D eigenvalue weighted by atomic mass is 79.9. The van der Waals surface area contributed by atoms with E-state index < -0.39 is 5.91 Å². The molecule has 0 aliphatic heterocycles. The van der Waals surface area contributed by atoms with Gasteiger partial charge in [-0.05, 0) is 45.8 Å². The molecule has 7 nitrogen and oxygen atoms in total. The van der Waals surface area contributed by atoms with Gasteiger partial charge in [-0.15, -0.1) is 0 Å². The third-order valence-corrected chi connectivity index (χ3v) is 4.04. The van der Waals surface area contributed by atoms with E-state index in [1.54, 1.807) is 44.6 Å². The van der Waals surface area contributed by atoms with Gasteiger partial charge in [0.15, 0.2) is 11.5 Å². The van der Waals surface area contributed by atoms with Gasteiger partial charge in [0.05, 0.1) is 39.1 Å². The summed E-state index contributed by atoms with van der Waals surface area (Å²) in [4.78, 5) is 12.3. The van der Waals surface area contributed by atoms with Gasteiger partial charge in [-0.3, -0.25) is 4.79 Å². The van der Waals surface area contributed by atoms with Crippen LogP contribution in [-0.2, 0) is 0 Å². The summed E-state index contributed by atoms with van der Waals surface area (Å²) < 4.78 is 21.5. The third-order valence-electron chi connectivity index (χ3n) is 3.45. The van der Waals surface area contributed by atoms with Crippen LogP contribution in [0.3, 0.4) is 0 Å². The molecule has 0 aromatic heterocycles. The second-order valence-corrected chi connectivity index (χ2v) is 5.89. The maximum absolute atomic E-state index is 12.3. The summed E-state index contributed by atoms with van der Waals surface area (Å²) in [6.07, 6.45) is 1.50. The van der Waals surface area contributed by atoms with Crippen LogP contribution in [0.15, 0.2) is 39.9 Å². The van der Waals surface area contributed by atoms with Crippen LogP contribution in [0, 0.1) is 0 Å². The zero-order valence-electron chi connectivity index (χ0n) is 14.8. The number of hydrogen-bond acceptors (Lipinski definition) is 6. The Labute approximate surface area is 160 Å². The lowest BCUT2D eigenvalue weighted by atomic mass is 10.2. The normalized spacial score (nSPS) is 10.5. The van der Waals surface area contributed by atoms with Crippen LogP contribution in [-0.4, -0.2) is 40.6 Å². The predicted molar refractivity (Wildman–Crippen MR) is 102 cm³/mol. The molecule has 0 aliphatic rings. The van der Waals surface area contributed by atoms with Gasteiger partial charge in [0.25, 0.3) is 5.91 Å². The second kappa shape index (κ2) is 9.10. The molecule has 0 saturated carbocycles. The van der Waals surface area contributed by atoms with Crippen LogP contribution >= 0.6 is 15.9 Å². The monoisotopic (exact) mass is 422 g/mol. The summed E-state index contributed by atoms with van der Waals surface area (Å²) in [7, 11) is 6.13. The Hall–Kier alpha value is -2.74. The van der Waals surface area contributed by atoms with Crippen molar-refractivity contribution in [2.75, 3.05) is 28.4 Å². The number of hydrazone groups is 1. The summed E-state index contributed by atoms with van der Waals surface area (Å²) in [5.41, 5.74) is 3.56. The maximum Gasteiger partial charge on any atom is 0.271 e. The Balaban J connectivity index is 2.16. The molecule has 0 spiro atoms. The topological polar surface area (TPSA) is 78.4 Å². The largest absolute Gasteiger partial charge is 0.497 e. The molecule has 138 valence electrons. The molecule has 0 unspecified atom stereocenters. The maximum atomic E-state index is 12.3. The Kier molecular flexibility index (Phi) is 6.85. The number of rotatable bonds is 7. The molecule has 0 fully saturated rings. The first-order valence-corrected chi connectivity index (χ1v) is 8.29. The summed E-state index contributed by atoms with van der Waals surface area (Å²) in [6, 6.07) is 8.42. The highest BCUT2D eigenvalue weighted by molar-refractivity contribution is 9.10. The van der Waals surface area contributed by atoms with Gasteiger partial charge < -0.3 is 18.9 Å². The number of carbonyl (C=O) groups is 1. The molecular formula is C18H19BrN2O5. The molecule has 1 N–H and O–H groups in total. The van der Waals surface area contributed by atoms with Gasteiger partial charge in [0.2, 0.25) is 0 Å². The highest BCUT2D eigenvalue weighted by Crippen LogP contribution is 2.35. The Morgan fingerprint density at radius 3 is 2.15 bits per heavy atom. The minimum Gasteiger partial charge on any atom is -0.497 e. The number of ether oxygens (including phenoxy) is 4. The molecule has 0 bridgehead atoms. The van der Waals surface area contributed by atoms with E-state index in [9.17, 15) is 4.79 Å². The van der Waals surface area contributed by atoms with E-state index in [0.29, 0.717) is 33.0 Å². The molecule has 1 amide bonds. The summed E-state index contributed by atoms with van der Waals surface area (Å²) >= 11 is 3.41. The Morgan fingerprint density at radius 1 is 0.962 bits per heavy atom. The molecule has 2 aromatic carbocycles. The average Bonchev–Trinajstić information content (AvgIpc) is 2.66. The SMILES string of the molecule is COc1cc(OC)cc(C(=O)NN=Cc2cc(Br)c(OC)c(OC)c2)c1. The Bertz CT molecular complexity index is 801. The quantitative estimate of drug-likeness (QED) is 0.547. The van der Waals surface area contributed by atoms with E-state index in [2.05, 4.69) is 26.5 Å². The van der Waals surface area contributed by atoms with Crippen molar-refractivity contribution in [2.45, 2.75) is 0 Å². The van der Waals surface area contributed by atoms with Gasteiger partial charge in [0, 0.05) is 11.6 Å². The van der Waals surface area contributed by atoms with Gasteiger partial charge in [-0.2, -0.15) is 5.10 Å². The number of amides is 1. The molecule has 0 saturated heterocycles. The van der Waals surface area contributed by atoms with Crippen LogP contribution in [0.2, 0.25) is 0 Å². The summed E-state index contributed by atoms with van der Waals surface area (Å²) in [5, 5.41) is 3.98. The lowest BCUT2D eigenvalue weighted by Gasteiger charge is -2.10. The molecule has 0 heterocycles. The first kappa shape index (κ1) is 19.6. The average molecular weight is 423 g/mol. The van der Waals surface area contributed by atoms with Crippen molar-refractivity contribution in [1.29, 1.82) is 0 Å². The van der Waals surface area contributed by atoms with Crippen molar-refractivity contribution in [2.24, 2.45) is 5.10 Å². The van der Waals surface area contributed by atoms with Crippen molar-refractivity contribution in [3.05, 3.63) is 45.9 Å². The molecule has 0 radical (unpaired) electrons. The van der Waals surface area contributed by atoms with E-state index >= 15 is 0 Å². The molecule has 0 aliphatic carbocycles. The minimum atomic E-state index is -0.391. The van der Waals surface area contributed by atoms with Crippen molar-refractivity contribution in [3.8, 4) is 23.0 Å². The fourth-order valence-electron chi connectivity index (χ4n) is 2.18. The van der Waals surface area contributed by atoms with E-state index in [4.69, 9.17) is 18.9 Å². The second-order valence-electron chi connectivity index (χ2n) is 5.04. The van der Waals surface area contributed by atoms with Gasteiger partial charge in [-0.1, -0.05) is 0 Å². The highest BCUT2D eigenvalue weighted by Gasteiger charge is 2.11. The third kappa shape index (κ3) is 4.66. The first-order valence-electron chi connectivity index (χ1n) is 7.50. The first-order chi connectivity index (χ1) is 12.5. The molecule has 8 heteroatoms. The van der Waals surface area contributed by atoms with Crippen molar-refractivity contribution in [3.63, 3.8) is 0 Å². The Morgan fingerprint density at radius 2 is 1.62 bits per heavy atom. The number of carbonyl (C=O) groups excluding carboxylic acids is 1. The van der Waals surface area contributed by atoms with Crippen LogP contribution in [0.4, 0.5) is 0 Å². The molecule has 0 atom stereocenters. The van der Waals surface area contributed by atoms with Gasteiger partial charge >= 0.3 is 0 Å². The standard InChI is InChI=1S/C18H19BrN2O5/c1-23-13-7-12(8-14(9-13)24-2)18(22)21-20-10-11-5-15(19)17(26-4)16(6-11)25-3/h5-10H,1-4H3,(H,21,22). The molecular weight excluding hydrogens is 404 g/mol. The molecule has 2 aromatic rings. The lowest BCUT2D eigenvalue weighted by molar-refractivity contribution is 0.0954. The lowest BCUT2D eigenvalue weighted by Crippen LogP contribution is -2.17. The fraction of sp³-hybridized carbons (Fsp3) is 0.222. The minimum absolute atomic E-state index is 0.367. The van der Waals surface area contributed by atoms with Crippen molar-refractivity contribution < 1.29 is 23.7 Å². The van der Waals surface area contributed by atoms with Crippen molar-refractivity contribution >= 4 is 28.1 Å². The van der Waals surface area contributed by atoms with Gasteiger partial charge in [0.1, 0.15) is 11.5 Å². The molecule has 2 rings (SSSR count). The zero-order valence-corrected chi connectivity index (χ0v) is 16.4. The van der Waals surface area contributed by atoms with E-state index in [-0.39, 0.29) is 0 Å². The number of halogens is 1. The number of hydrogen-bond donors (Lipinski definition) is 1. The van der Waals surface area contributed by atoms with Crippen LogP contribution in [0.1, 0.15) is 15.9 Å². The van der Waals surface area contributed by atoms with Crippen LogP contribution in [0.25, 0.3) is 0 Å². The smallest absolute Gasteiger partial charge is 0.271 e. The number of benzene rings is 2. The van der Waals surface area contributed by atoms with Crippen molar-refractivity contribution in [1.82, 2.24) is 5.43 Å². The summed E-state index contributed by atoms with van der Waals surface area (Å²) in [6.45, 7) is 0. The number of methoxy groups -OCH3 is 4. The zero-order chi connectivity index (χ0) is 19.1. The fourth-order valence-corrected chi connectivity index (χ4v) is 2.80.